The largest absolute Gasteiger partial charge is 0.311 e. The topological polar surface area (TPSA) is 65.1 Å². The Labute approximate surface area is 260 Å². The fraction of sp³-hybridized carbons (Fsp3) is 0. The van der Waals surface area contributed by atoms with Crippen LogP contribution >= 0.6 is 0 Å². The van der Waals surface area contributed by atoms with Gasteiger partial charge in [0, 0.05) is 54.1 Å². The molecule has 206 valence electrons. The number of rotatable bonds is 1. The average molecular weight is 581 g/mol. The van der Waals surface area contributed by atoms with E-state index in [1.165, 1.54) is 0 Å². The minimum Gasteiger partial charge on any atom is -0.311 e. The van der Waals surface area contributed by atoms with Gasteiger partial charge in [-0.2, -0.15) is 10.5 Å². The molecule has 6 heteroatoms. The molecular weight excluding hydrogens is 564 g/mol. The molecule has 46 heavy (non-hydrogen) atoms. The van der Waals surface area contributed by atoms with Gasteiger partial charge in [0.05, 0.1) is 58.5 Å². The Kier molecular flexibility index (Phi) is 4.38. The van der Waals surface area contributed by atoms with Gasteiger partial charge in [0.25, 0.3) is 0 Å². The molecule has 0 N–H and O–H groups in total. The number of aromatic nitrogens is 2. The summed E-state index contributed by atoms with van der Waals surface area (Å²) in [6.07, 6.45) is 0. The van der Waals surface area contributed by atoms with Crippen LogP contribution in [0.1, 0.15) is 11.1 Å². The zero-order chi connectivity index (χ0) is 30.8. The summed E-state index contributed by atoms with van der Waals surface area (Å²) in [5, 5.41) is 28.0. The number of hydrogen-bond donors (Lipinski definition) is 0. The lowest BCUT2D eigenvalue weighted by atomic mass is 9.96. The molecular formula is C40H16N6. The van der Waals surface area contributed by atoms with Crippen molar-refractivity contribution in [2.24, 2.45) is 0 Å². The molecule has 0 bridgehead atoms. The molecule has 6 aromatic carbocycles. The molecule has 0 aliphatic heterocycles. The van der Waals surface area contributed by atoms with Gasteiger partial charge in [0.2, 0.25) is 0 Å². The molecule has 4 aromatic heterocycles. The van der Waals surface area contributed by atoms with Crippen LogP contribution in [0.25, 0.3) is 97.0 Å². The first-order chi connectivity index (χ1) is 22.6. The van der Waals surface area contributed by atoms with Gasteiger partial charge in [-0.05, 0) is 71.8 Å². The second-order valence-electron chi connectivity index (χ2n) is 11.8. The van der Waals surface area contributed by atoms with Crippen LogP contribution in [0.3, 0.4) is 0 Å². The lowest BCUT2D eigenvalue weighted by Crippen LogP contribution is -1.83. The van der Waals surface area contributed by atoms with E-state index < -0.39 is 0 Å². The Morgan fingerprint density at radius 3 is 1.13 bits per heavy atom. The summed E-state index contributed by atoms with van der Waals surface area (Å²) in [5.74, 6) is 0. The SMILES string of the molecule is [C-]#[N+]c1ccc2c3cc(-c4cc5c6ccc(C#N)cc6n6c7cc(C#N)ccc7c(c4)c56)cc4c5ccc([N+]#[C-])cc5n(c2c1)c34. The first-order valence-electron chi connectivity index (χ1n) is 14.7. The van der Waals surface area contributed by atoms with Crippen molar-refractivity contribution >= 4 is 87.6 Å². The van der Waals surface area contributed by atoms with E-state index in [0.29, 0.717) is 22.5 Å². The third-order valence-electron chi connectivity index (χ3n) is 9.60. The van der Waals surface area contributed by atoms with Crippen LogP contribution in [0.4, 0.5) is 11.4 Å². The molecule has 0 fully saturated rings. The second kappa shape index (κ2) is 8.28. The molecule has 0 radical (unpaired) electrons. The van der Waals surface area contributed by atoms with E-state index in [2.05, 4.69) is 54.9 Å². The molecule has 0 unspecified atom stereocenters. The molecule has 10 aromatic rings. The smallest absolute Gasteiger partial charge is 0.189 e. The van der Waals surface area contributed by atoms with E-state index in [9.17, 15) is 10.5 Å². The van der Waals surface area contributed by atoms with Gasteiger partial charge >= 0.3 is 0 Å². The Morgan fingerprint density at radius 1 is 0.435 bits per heavy atom. The standard InChI is InChI=1S/C40H16N6/c1-43-25-5-9-29-33-15-24(16-34-30-10-6-26(44-2)18-38(30)46(40(33)34)37(29)17-25)23-13-31-27-7-3-21(19-41)11-35(27)45-36-12-22(20-42)4-8-28(36)32(14-23)39(31)45/h3-18H. The van der Waals surface area contributed by atoms with Gasteiger partial charge in [-0.25, -0.2) is 9.69 Å². The van der Waals surface area contributed by atoms with E-state index in [0.717, 1.165) is 87.3 Å². The summed E-state index contributed by atoms with van der Waals surface area (Å²) in [5.41, 5.74) is 10.4. The van der Waals surface area contributed by atoms with E-state index >= 15 is 0 Å². The number of nitriles is 2. The van der Waals surface area contributed by atoms with E-state index in [1.807, 2.05) is 72.8 Å². The fourth-order valence-corrected chi connectivity index (χ4v) is 7.68. The van der Waals surface area contributed by atoms with Crippen LogP contribution in [-0.2, 0) is 0 Å². The summed E-state index contributed by atoms with van der Waals surface area (Å²) < 4.78 is 4.39. The van der Waals surface area contributed by atoms with Crippen molar-refractivity contribution in [3.05, 3.63) is 131 Å². The van der Waals surface area contributed by atoms with Crippen molar-refractivity contribution in [3.8, 4) is 23.3 Å². The van der Waals surface area contributed by atoms with E-state index in [-0.39, 0.29) is 0 Å². The molecule has 0 spiro atoms. The molecule has 0 aliphatic rings. The Bertz CT molecular complexity index is 2760. The highest BCUT2D eigenvalue weighted by Crippen LogP contribution is 2.46. The maximum Gasteiger partial charge on any atom is 0.189 e. The number of nitrogens with zero attached hydrogens (tertiary/aromatic N) is 6. The van der Waals surface area contributed by atoms with Gasteiger partial charge < -0.3 is 8.80 Å². The molecule has 4 heterocycles. The van der Waals surface area contributed by atoms with Crippen LogP contribution < -0.4 is 0 Å². The van der Waals surface area contributed by atoms with Crippen LogP contribution in [0.15, 0.2) is 97.1 Å². The number of hydrogen-bond acceptors (Lipinski definition) is 2. The average Bonchev–Trinajstić information content (AvgIpc) is 3.82. The van der Waals surface area contributed by atoms with Crippen LogP contribution in [0.5, 0.6) is 0 Å². The first-order valence-corrected chi connectivity index (χ1v) is 14.7. The summed E-state index contributed by atoms with van der Waals surface area (Å²) in [7, 11) is 0. The highest BCUT2D eigenvalue weighted by molar-refractivity contribution is 6.27. The van der Waals surface area contributed by atoms with Gasteiger partial charge in [-0.3, -0.25) is 0 Å². The molecule has 0 amide bonds. The highest BCUT2D eigenvalue weighted by atomic mass is 14.9. The Balaban J connectivity index is 1.37. The summed E-state index contributed by atoms with van der Waals surface area (Å²) in [6.45, 7) is 15.3. The lowest BCUT2D eigenvalue weighted by Gasteiger charge is -2.06. The molecule has 10 rings (SSSR count). The van der Waals surface area contributed by atoms with Crippen molar-refractivity contribution in [2.45, 2.75) is 0 Å². The third kappa shape index (κ3) is 2.86. The summed E-state index contributed by atoms with van der Waals surface area (Å²) >= 11 is 0. The quantitative estimate of drug-likeness (QED) is 0.181. The molecule has 0 saturated carbocycles. The van der Waals surface area contributed by atoms with Crippen molar-refractivity contribution in [2.75, 3.05) is 0 Å². The van der Waals surface area contributed by atoms with Gasteiger partial charge in [-0.15, -0.1) is 0 Å². The Hall–Kier alpha value is -7.12. The normalized spacial score (nSPS) is 11.8. The molecule has 0 aliphatic carbocycles. The van der Waals surface area contributed by atoms with Crippen LogP contribution in [-0.4, -0.2) is 8.80 Å². The highest BCUT2D eigenvalue weighted by Gasteiger charge is 2.22. The molecule has 0 saturated heterocycles. The van der Waals surface area contributed by atoms with Crippen molar-refractivity contribution in [1.29, 1.82) is 10.5 Å². The number of benzene rings is 6. The zero-order valence-corrected chi connectivity index (χ0v) is 23.9. The van der Waals surface area contributed by atoms with Crippen LogP contribution in [0, 0.1) is 35.8 Å². The monoisotopic (exact) mass is 580 g/mol. The van der Waals surface area contributed by atoms with Crippen molar-refractivity contribution in [3.63, 3.8) is 0 Å². The molecule has 0 atom stereocenters. The molecule has 6 nitrogen and oxygen atoms in total. The van der Waals surface area contributed by atoms with Gasteiger partial charge in [0.15, 0.2) is 11.4 Å². The number of fused-ring (bicyclic) bond motifs is 12. The summed E-state index contributed by atoms with van der Waals surface area (Å²) in [6, 6.07) is 36.8. The van der Waals surface area contributed by atoms with E-state index in [4.69, 9.17) is 13.1 Å². The lowest BCUT2D eigenvalue weighted by molar-refractivity contribution is 1.36. The van der Waals surface area contributed by atoms with Gasteiger partial charge in [-0.1, -0.05) is 36.4 Å². The Morgan fingerprint density at radius 2 is 0.783 bits per heavy atom. The predicted octanol–water partition coefficient (Wildman–Crippen LogP) is 10.5. The first kappa shape index (κ1) is 24.3. The predicted molar refractivity (Wildman–Crippen MR) is 183 cm³/mol. The van der Waals surface area contributed by atoms with Crippen LogP contribution in [0.2, 0.25) is 0 Å². The van der Waals surface area contributed by atoms with E-state index in [1.54, 1.807) is 0 Å². The minimum atomic E-state index is 0.575. The fourth-order valence-electron chi connectivity index (χ4n) is 7.68. The second-order valence-corrected chi connectivity index (χ2v) is 11.8. The van der Waals surface area contributed by atoms with Crippen molar-refractivity contribution in [1.82, 2.24) is 8.80 Å². The van der Waals surface area contributed by atoms with Crippen molar-refractivity contribution < 1.29 is 0 Å². The zero-order valence-electron chi connectivity index (χ0n) is 23.9. The minimum absolute atomic E-state index is 0.575. The maximum atomic E-state index is 9.71. The maximum absolute atomic E-state index is 9.71. The van der Waals surface area contributed by atoms with Gasteiger partial charge in [0.1, 0.15) is 0 Å². The summed E-state index contributed by atoms with van der Waals surface area (Å²) in [4.78, 5) is 7.40. The third-order valence-corrected chi connectivity index (χ3v) is 9.60.